The second kappa shape index (κ2) is 8.66. The monoisotopic (exact) mass is 326 g/mol. The maximum atomic E-state index is 12.1. The van der Waals surface area contributed by atoms with Crippen molar-refractivity contribution < 1.29 is 4.79 Å². The first-order chi connectivity index (χ1) is 10.2. The average molecular weight is 327 g/mol. The minimum absolute atomic E-state index is 0.294. The molecular formula is C16H23ClN2OS. The van der Waals surface area contributed by atoms with Gasteiger partial charge < -0.3 is 10.6 Å². The molecule has 0 aromatic heterocycles. The first-order valence-electron chi connectivity index (χ1n) is 7.55. The molecule has 2 rings (SSSR count). The predicted octanol–water partition coefficient (Wildman–Crippen LogP) is 3.41. The molecule has 1 saturated heterocycles. The molecule has 5 heteroatoms. The Morgan fingerprint density at radius 1 is 1.29 bits per heavy atom. The molecule has 1 fully saturated rings. The Bertz CT molecular complexity index is 444. The minimum atomic E-state index is 0.294. The predicted molar refractivity (Wildman–Crippen MR) is 89.8 cm³/mol. The fourth-order valence-corrected chi connectivity index (χ4v) is 3.50. The molecule has 1 amide bonds. The highest BCUT2D eigenvalue weighted by atomic mass is 35.5. The molecule has 0 bridgehead atoms. The third-order valence-corrected chi connectivity index (χ3v) is 5.27. The minimum Gasteiger partial charge on any atom is -0.343 e. The van der Waals surface area contributed by atoms with Gasteiger partial charge in [0.25, 0.3) is 0 Å². The van der Waals surface area contributed by atoms with Crippen molar-refractivity contribution in [1.29, 1.82) is 0 Å². The Hall–Kier alpha value is -0.710. The molecule has 0 atom stereocenters. The highest BCUT2D eigenvalue weighted by Gasteiger charge is 2.21. The number of amides is 1. The lowest BCUT2D eigenvalue weighted by molar-refractivity contribution is -0.132. The fraction of sp³-hybridized carbons (Fsp3) is 0.562. The molecule has 0 unspecified atom stereocenters. The zero-order valence-corrected chi connectivity index (χ0v) is 13.8. The maximum Gasteiger partial charge on any atom is 0.222 e. The number of thioether (sulfide) groups is 1. The van der Waals surface area contributed by atoms with Crippen molar-refractivity contribution in [2.24, 2.45) is 11.7 Å². The Labute approximate surface area is 136 Å². The summed E-state index contributed by atoms with van der Waals surface area (Å²) in [4.78, 5) is 15.3. The van der Waals surface area contributed by atoms with Crippen LogP contribution in [0.1, 0.15) is 25.7 Å². The van der Waals surface area contributed by atoms with E-state index in [2.05, 4.69) is 0 Å². The van der Waals surface area contributed by atoms with E-state index in [1.807, 2.05) is 29.2 Å². The lowest BCUT2D eigenvalue weighted by Crippen LogP contribution is -2.40. The summed E-state index contributed by atoms with van der Waals surface area (Å²) in [5, 5.41) is 0.760. The number of nitrogens with zero attached hydrogens (tertiary/aromatic N) is 1. The topological polar surface area (TPSA) is 46.3 Å². The smallest absolute Gasteiger partial charge is 0.222 e. The number of hydrogen-bond acceptors (Lipinski definition) is 3. The van der Waals surface area contributed by atoms with E-state index in [0.29, 0.717) is 18.2 Å². The number of halogens is 1. The Morgan fingerprint density at radius 3 is 2.57 bits per heavy atom. The molecule has 0 radical (unpaired) electrons. The van der Waals surface area contributed by atoms with Crippen LogP contribution in [0.4, 0.5) is 0 Å². The number of carbonyl (C=O) groups excluding carboxylic acids is 1. The van der Waals surface area contributed by atoms with Gasteiger partial charge in [0, 0.05) is 29.4 Å². The van der Waals surface area contributed by atoms with Crippen LogP contribution >= 0.6 is 23.4 Å². The van der Waals surface area contributed by atoms with Crippen LogP contribution < -0.4 is 5.73 Å². The third-order valence-electron chi connectivity index (χ3n) is 3.92. The summed E-state index contributed by atoms with van der Waals surface area (Å²) in [6.45, 7) is 2.51. The summed E-state index contributed by atoms with van der Waals surface area (Å²) in [5.74, 6) is 1.86. The van der Waals surface area contributed by atoms with Crippen LogP contribution in [0.25, 0.3) is 0 Å². The van der Waals surface area contributed by atoms with Gasteiger partial charge in [-0.05, 0) is 61.7 Å². The van der Waals surface area contributed by atoms with Gasteiger partial charge >= 0.3 is 0 Å². The Morgan fingerprint density at radius 2 is 1.95 bits per heavy atom. The van der Waals surface area contributed by atoms with Gasteiger partial charge in [-0.3, -0.25) is 4.79 Å². The van der Waals surface area contributed by atoms with E-state index in [1.165, 1.54) is 4.90 Å². The van der Waals surface area contributed by atoms with E-state index < -0.39 is 0 Å². The molecule has 0 aliphatic carbocycles. The van der Waals surface area contributed by atoms with Crippen molar-refractivity contribution in [1.82, 2.24) is 4.90 Å². The lowest BCUT2D eigenvalue weighted by Gasteiger charge is -2.31. The van der Waals surface area contributed by atoms with Gasteiger partial charge in [0.05, 0.1) is 0 Å². The van der Waals surface area contributed by atoms with Crippen molar-refractivity contribution >= 4 is 29.3 Å². The van der Waals surface area contributed by atoms with Gasteiger partial charge in [0.1, 0.15) is 0 Å². The first kappa shape index (κ1) is 16.7. The van der Waals surface area contributed by atoms with Crippen molar-refractivity contribution in [2.75, 3.05) is 25.4 Å². The zero-order chi connectivity index (χ0) is 15.1. The molecule has 1 aliphatic heterocycles. The van der Waals surface area contributed by atoms with Gasteiger partial charge in [0.15, 0.2) is 0 Å². The molecule has 0 saturated carbocycles. The maximum absolute atomic E-state index is 12.1. The molecular weight excluding hydrogens is 304 g/mol. The summed E-state index contributed by atoms with van der Waals surface area (Å²) in [6, 6.07) is 7.84. The standard InChI is InChI=1S/C16H23ClN2OS/c17-14-3-5-15(6-4-14)21-11-1-2-16(20)19-9-7-13(12-18)8-10-19/h3-6,13H,1-2,7-12,18H2. The molecule has 1 aromatic rings. The highest BCUT2D eigenvalue weighted by molar-refractivity contribution is 7.99. The summed E-state index contributed by atoms with van der Waals surface area (Å²) < 4.78 is 0. The molecule has 0 spiro atoms. The van der Waals surface area contributed by atoms with Crippen LogP contribution in [0.3, 0.4) is 0 Å². The van der Waals surface area contributed by atoms with E-state index in [9.17, 15) is 4.79 Å². The van der Waals surface area contributed by atoms with E-state index in [1.54, 1.807) is 11.8 Å². The van der Waals surface area contributed by atoms with Gasteiger partial charge in [0.2, 0.25) is 5.91 Å². The number of carbonyl (C=O) groups is 1. The number of hydrogen-bond donors (Lipinski definition) is 1. The summed E-state index contributed by atoms with van der Waals surface area (Å²) in [7, 11) is 0. The van der Waals surface area contributed by atoms with Crippen LogP contribution in [-0.4, -0.2) is 36.2 Å². The molecule has 2 N–H and O–H groups in total. The van der Waals surface area contributed by atoms with Crippen LogP contribution in [0, 0.1) is 5.92 Å². The number of piperidine rings is 1. The molecule has 3 nitrogen and oxygen atoms in total. The number of nitrogens with two attached hydrogens (primary N) is 1. The normalized spacial score (nSPS) is 16.2. The highest BCUT2D eigenvalue weighted by Crippen LogP contribution is 2.22. The van der Waals surface area contributed by atoms with Gasteiger partial charge in [-0.2, -0.15) is 0 Å². The van der Waals surface area contributed by atoms with Crippen LogP contribution in [0.2, 0.25) is 5.02 Å². The summed E-state index contributed by atoms with van der Waals surface area (Å²) >= 11 is 7.63. The molecule has 116 valence electrons. The van der Waals surface area contributed by atoms with Crippen LogP contribution in [-0.2, 0) is 4.79 Å². The number of likely N-dealkylation sites (tertiary alicyclic amines) is 1. The van der Waals surface area contributed by atoms with Crippen LogP contribution in [0.5, 0.6) is 0 Å². The van der Waals surface area contributed by atoms with Crippen molar-refractivity contribution in [3.05, 3.63) is 29.3 Å². The van der Waals surface area contributed by atoms with Crippen molar-refractivity contribution in [3.8, 4) is 0 Å². The first-order valence-corrected chi connectivity index (χ1v) is 8.91. The molecule has 1 aliphatic rings. The lowest BCUT2D eigenvalue weighted by atomic mass is 9.97. The van der Waals surface area contributed by atoms with E-state index in [4.69, 9.17) is 17.3 Å². The quantitative estimate of drug-likeness (QED) is 0.643. The number of rotatable bonds is 6. The largest absolute Gasteiger partial charge is 0.343 e. The Kier molecular flexibility index (Phi) is 6.87. The second-order valence-corrected chi connectivity index (χ2v) is 7.07. The van der Waals surface area contributed by atoms with Gasteiger partial charge in [-0.25, -0.2) is 0 Å². The molecule has 1 heterocycles. The van der Waals surface area contributed by atoms with Crippen LogP contribution in [0.15, 0.2) is 29.2 Å². The zero-order valence-electron chi connectivity index (χ0n) is 12.3. The van der Waals surface area contributed by atoms with E-state index in [-0.39, 0.29) is 0 Å². The average Bonchev–Trinajstić information content (AvgIpc) is 2.53. The van der Waals surface area contributed by atoms with Crippen molar-refractivity contribution in [3.63, 3.8) is 0 Å². The second-order valence-electron chi connectivity index (χ2n) is 5.47. The van der Waals surface area contributed by atoms with Gasteiger partial charge in [-0.15, -0.1) is 11.8 Å². The molecule has 1 aromatic carbocycles. The molecule has 21 heavy (non-hydrogen) atoms. The van der Waals surface area contributed by atoms with Gasteiger partial charge in [-0.1, -0.05) is 11.6 Å². The summed E-state index contributed by atoms with van der Waals surface area (Å²) in [5.41, 5.74) is 5.67. The number of benzene rings is 1. The SMILES string of the molecule is NCC1CCN(C(=O)CCCSc2ccc(Cl)cc2)CC1. The third kappa shape index (κ3) is 5.53. The fourth-order valence-electron chi connectivity index (χ4n) is 2.52. The van der Waals surface area contributed by atoms with E-state index in [0.717, 1.165) is 49.7 Å². The van der Waals surface area contributed by atoms with E-state index >= 15 is 0 Å². The summed E-state index contributed by atoms with van der Waals surface area (Å²) in [6.07, 6.45) is 3.68. The Balaban J connectivity index is 1.62. The van der Waals surface area contributed by atoms with Crippen molar-refractivity contribution in [2.45, 2.75) is 30.6 Å².